The van der Waals surface area contributed by atoms with Gasteiger partial charge in [0.25, 0.3) is 0 Å². The Morgan fingerprint density at radius 1 is 1.15 bits per heavy atom. The molecule has 20 heavy (non-hydrogen) atoms. The first-order chi connectivity index (χ1) is 9.38. The fourth-order valence-electron chi connectivity index (χ4n) is 1.65. The molecule has 0 bridgehead atoms. The SMILES string of the molecule is Cc1cc(S(=O)(=O)NCc2ccc(F)cc2)ccc1Cl. The Morgan fingerprint density at radius 2 is 1.80 bits per heavy atom. The fourth-order valence-corrected chi connectivity index (χ4v) is 2.87. The van der Waals surface area contributed by atoms with Crippen LogP contribution in [0.25, 0.3) is 0 Å². The number of hydrogen-bond acceptors (Lipinski definition) is 2. The molecule has 0 aliphatic carbocycles. The van der Waals surface area contributed by atoms with E-state index in [1.807, 2.05) is 0 Å². The zero-order valence-electron chi connectivity index (χ0n) is 10.7. The first-order valence-electron chi connectivity index (χ1n) is 5.89. The van der Waals surface area contributed by atoms with Crippen molar-refractivity contribution >= 4 is 21.6 Å². The first kappa shape index (κ1) is 15.0. The summed E-state index contributed by atoms with van der Waals surface area (Å²) >= 11 is 5.87. The Hall–Kier alpha value is -1.43. The summed E-state index contributed by atoms with van der Waals surface area (Å²) in [5.74, 6) is -0.357. The lowest BCUT2D eigenvalue weighted by atomic mass is 10.2. The van der Waals surface area contributed by atoms with Crippen LogP contribution >= 0.6 is 11.6 Å². The van der Waals surface area contributed by atoms with Gasteiger partial charge in [-0.25, -0.2) is 17.5 Å². The molecule has 1 N–H and O–H groups in total. The molecule has 2 rings (SSSR count). The van der Waals surface area contributed by atoms with E-state index in [0.717, 1.165) is 0 Å². The molecule has 2 aromatic rings. The maximum absolute atomic E-state index is 12.8. The molecule has 0 spiro atoms. The molecule has 0 aliphatic heterocycles. The number of halogens is 2. The van der Waals surface area contributed by atoms with Crippen molar-refractivity contribution in [3.8, 4) is 0 Å². The molecular weight excluding hydrogens is 301 g/mol. The van der Waals surface area contributed by atoms with Crippen LogP contribution in [0.5, 0.6) is 0 Å². The van der Waals surface area contributed by atoms with Gasteiger partial charge in [0.1, 0.15) is 5.82 Å². The van der Waals surface area contributed by atoms with E-state index in [1.165, 1.54) is 36.4 Å². The smallest absolute Gasteiger partial charge is 0.207 e. The van der Waals surface area contributed by atoms with Gasteiger partial charge in [-0.15, -0.1) is 0 Å². The van der Waals surface area contributed by atoms with Gasteiger partial charge >= 0.3 is 0 Å². The summed E-state index contributed by atoms with van der Waals surface area (Å²) in [5, 5.41) is 0.516. The summed E-state index contributed by atoms with van der Waals surface area (Å²) in [6.07, 6.45) is 0. The second kappa shape index (κ2) is 5.91. The van der Waals surface area contributed by atoms with E-state index in [-0.39, 0.29) is 17.3 Å². The first-order valence-corrected chi connectivity index (χ1v) is 7.75. The van der Waals surface area contributed by atoms with Crippen LogP contribution in [0.15, 0.2) is 47.4 Å². The van der Waals surface area contributed by atoms with Gasteiger partial charge in [-0.3, -0.25) is 0 Å². The summed E-state index contributed by atoms with van der Waals surface area (Å²) in [7, 11) is -3.61. The van der Waals surface area contributed by atoms with E-state index in [2.05, 4.69) is 4.72 Å². The summed E-state index contributed by atoms with van der Waals surface area (Å²) < 4.78 is 39.4. The summed E-state index contributed by atoms with van der Waals surface area (Å²) in [4.78, 5) is 0.154. The number of aryl methyl sites for hydroxylation is 1. The van der Waals surface area contributed by atoms with Crippen LogP contribution in [0.1, 0.15) is 11.1 Å². The average molecular weight is 314 g/mol. The number of hydrogen-bond donors (Lipinski definition) is 1. The molecule has 6 heteroatoms. The van der Waals surface area contributed by atoms with E-state index in [0.29, 0.717) is 16.1 Å². The van der Waals surface area contributed by atoms with Crippen LogP contribution in [0, 0.1) is 12.7 Å². The number of nitrogens with one attached hydrogen (secondary N) is 1. The topological polar surface area (TPSA) is 46.2 Å². The molecule has 0 saturated carbocycles. The highest BCUT2D eigenvalue weighted by Gasteiger charge is 2.14. The van der Waals surface area contributed by atoms with Crippen molar-refractivity contribution in [2.75, 3.05) is 0 Å². The van der Waals surface area contributed by atoms with Crippen LogP contribution in [-0.2, 0) is 16.6 Å². The summed E-state index contributed by atoms with van der Waals surface area (Å²) in [5.41, 5.74) is 1.37. The molecule has 0 radical (unpaired) electrons. The Kier molecular flexibility index (Phi) is 4.42. The molecule has 0 saturated heterocycles. The molecule has 106 valence electrons. The van der Waals surface area contributed by atoms with Crippen molar-refractivity contribution in [3.05, 3.63) is 64.4 Å². The molecule has 0 unspecified atom stereocenters. The van der Waals surface area contributed by atoms with Gasteiger partial charge in [-0.1, -0.05) is 23.7 Å². The van der Waals surface area contributed by atoms with E-state index < -0.39 is 10.0 Å². The minimum atomic E-state index is -3.61. The third-order valence-electron chi connectivity index (χ3n) is 2.82. The van der Waals surface area contributed by atoms with Gasteiger partial charge in [-0.2, -0.15) is 0 Å². The zero-order valence-corrected chi connectivity index (χ0v) is 12.3. The number of benzene rings is 2. The van der Waals surface area contributed by atoms with Crippen LogP contribution in [0.2, 0.25) is 5.02 Å². The van der Waals surface area contributed by atoms with Gasteiger partial charge in [0.05, 0.1) is 4.90 Å². The zero-order chi connectivity index (χ0) is 14.8. The highest BCUT2D eigenvalue weighted by molar-refractivity contribution is 7.89. The lowest BCUT2D eigenvalue weighted by molar-refractivity contribution is 0.581. The second-order valence-corrected chi connectivity index (χ2v) is 6.54. The highest BCUT2D eigenvalue weighted by Crippen LogP contribution is 2.19. The molecule has 0 atom stereocenters. The van der Waals surface area contributed by atoms with Gasteiger partial charge in [0.2, 0.25) is 10.0 Å². The van der Waals surface area contributed by atoms with E-state index in [4.69, 9.17) is 11.6 Å². The maximum atomic E-state index is 12.8. The van der Waals surface area contributed by atoms with E-state index in [1.54, 1.807) is 13.0 Å². The van der Waals surface area contributed by atoms with Crippen LogP contribution in [-0.4, -0.2) is 8.42 Å². The Morgan fingerprint density at radius 3 is 2.40 bits per heavy atom. The molecule has 3 nitrogen and oxygen atoms in total. The molecule has 0 fully saturated rings. The maximum Gasteiger partial charge on any atom is 0.240 e. The molecule has 0 aliphatic rings. The van der Waals surface area contributed by atoms with Gasteiger partial charge in [-0.05, 0) is 48.4 Å². The standard InChI is InChI=1S/C14H13ClFNO2S/c1-10-8-13(6-7-14(10)15)20(18,19)17-9-11-2-4-12(16)5-3-11/h2-8,17H,9H2,1H3. The van der Waals surface area contributed by atoms with E-state index in [9.17, 15) is 12.8 Å². The molecule has 0 heterocycles. The quantitative estimate of drug-likeness (QED) is 0.941. The third-order valence-corrected chi connectivity index (χ3v) is 4.64. The normalized spacial score (nSPS) is 11.6. The fraction of sp³-hybridized carbons (Fsp3) is 0.143. The van der Waals surface area contributed by atoms with Gasteiger partial charge in [0.15, 0.2) is 0 Å². The molecular formula is C14H13ClFNO2S. The second-order valence-electron chi connectivity index (χ2n) is 4.36. The Labute approximate surface area is 122 Å². The van der Waals surface area contributed by atoms with Crippen LogP contribution in [0.4, 0.5) is 4.39 Å². The minimum absolute atomic E-state index is 0.101. The number of rotatable bonds is 4. The highest BCUT2D eigenvalue weighted by atomic mass is 35.5. The lowest BCUT2D eigenvalue weighted by Crippen LogP contribution is -2.23. The van der Waals surface area contributed by atoms with E-state index >= 15 is 0 Å². The van der Waals surface area contributed by atoms with Crippen molar-refractivity contribution in [2.24, 2.45) is 0 Å². The monoisotopic (exact) mass is 313 g/mol. The lowest BCUT2D eigenvalue weighted by Gasteiger charge is -2.08. The largest absolute Gasteiger partial charge is 0.240 e. The number of sulfonamides is 1. The van der Waals surface area contributed by atoms with Crippen LogP contribution in [0.3, 0.4) is 0 Å². The van der Waals surface area contributed by atoms with Gasteiger partial charge in [0, 0.05) is 11.6 Å². The summed E-state index contributed by atoms with van der Waals surface area (Å²) in [6.45, 7) is 1.84. The predicted molar refractivity (Wildman–Crippen MR) is 76.6 cm³/mol. The van der Waals surface area contributed by atoms with Crippen molar-refractivity contribution < 1.29 is 12.8 Å². The molecule has 0 aromatic heterocycles. The Bertz CT molecular complexity index is 714. The predicted octanol–water partition coefficient (Wildman–Crippen LogP) is 3.27. The molecule has 0 amide bonds. The average Bonchev–Trinajstić information content (AvgIpc) is 2.41. The van der Waals surface area contributed by atoms with Crippen LogP contribution < -0.4 is 4.72 Å². The van der Waals surface area contributed by atoms with Gasteiger partial charge < -0.3 is 0 Å². The Balaban J connectivity index is 2.14. The van der Waals surface area contributed by atoms with Crippen molar-refractivity contribution in [3.63, 3.8) is 0 Å². The molecule has 2 aromatic carbocycles. The third kappa shape index (κ3) is 3.56. The van der Waals surface area contributed by atoms with Crippen molar-refractivity contribution in [1.82, 2.24) is 4.72 Å². The minimum Gasteiger partial charge on any atom is -0.207 e. The summed E-state index contributed by atoms with van der Waals surface area (Å²) in [6, 6.07) is 10.1. The van der Waals surface area contributed by atoms with Crippen molar-refractivity contribution in [2.45, 2.75) is 18.4 Å². The van der Waals surface area contributed by atoms with Crippen molar-refractivity contribution in [1.29, 1.82) is 0 Å².